The lowest BCUT2D eigenvalue weighted by atomic mass is 9.98. The van der Waals surface area contributed by atoms with Crippen LogP contribution in [0.1, 0.15) is 22.5 Å². The third kappa shape index (κ3) is 5.52. The van der Waals surface area contributed by atoms with Crippen molar-refractivity contribution >= 4 is 50.6 Å². The van der Waals surface area contributed by atoms with Crippen LogP contribution in [0.4, 0.5) is 10.3 Å². The van der Waals surface area contributed by atoms with Gasteiger partial charge in [-0.25, -0.2) is 4.98 Å². The van der Waals surface area contributed by atoms with E-state index in [0.717, 1.165) is 21.4 Å². The average Bonchev–Trinajstić information content (AvgIpc) is 3.47. The molecule has 0 aliphatic carbocycles. The molecule has 4 rings (SSSR count). The van der Waals surface area contributed by atoms with Gasteiger partial charge in [0.05, 0.1) is 24.3 Å². The first kappa shape index (κ1) is 21.5. The molecule has 31 heavy (non-hydrogen) atoms. The highest BCUT2D eigenvalue weighted by Gasteiger charge is 2.13. The number of rotatable bonds is 8. The van der Waals surface area contributed by atoms with Crippen LogP contribution >= 0.6 is 34.4 Å². The highest BCUT2D eigenvalue weighted by Crippen LogP contribution is 2.31. The number of carbonyl (C=O) groups excluding carboxylic acids is 1. The molecule has 3 aromatic heterocycles. The molecule has 4 aromatic rings. The molecule has 0 saturated heterocycles. The second kappa shape index (κ2) is 9.63. The van der Waals surface area contributed by atoms with E-state index in [0.29, 0.717) is 16.8 Å². The van der Waals surface area contributed by atoms with Crippen molar-refractivity contribution < 1.29 is 9.21 Å². The quantitative estimate of drug-likeness (QED) is 0.327. The Morgan fingerprint density at radius 3 is 2.71 bits per heavy atom. The number of nitrogens with zero attached hydrogens (tertiary/aromatic N) is 3. The molecule has 0 saturated carbocycles. The van der Waals surface area contributed by atoms with Crippen molar-refractivity contribution in [2.45, 2.75) is 31.7 Å². The smallest absolute Gasteiger partial charge is 0.236 e. The van der Waals surface area contributed by atoms with Gasteiger partial charge in [0.25, 0.3) is 0 Å². The largest absolute Gasteiger partial charge is 0.467 e. The summed E-state index contributed by atoms with van der Waals surface area (Å²) in [6, 6.07) is 8.03. The van der Waals surface area contributed by atoms with E-state index in [1.165, 1.54) is 51.1 Å². The Morgan fingerprint density at radius 2 is 1.97 bits per heavy atom. The zero-order valence-electron chi connectivity index (χ0n) is 17.3. The summed E-state index contributed by atoms with van der Waals surface area (Å²) in [5, 5.41) is 17.5. The molecule has 10 heteroatoms. The van der Waals surface area contributed by atoms with E-state index in [-0.39, 0.29) is 11.7 Å². The second-order valence-corrected chi connectivity index (χ2v) is 10.0. The van der Waals surface area contributed by atoms with Crippen molar-refractivity contribution in [3.63, 3.8) is 0 Å². The van der Waals surface area contributed by atoms with Crippen molar-refractivity contribution in [1.29, 1.82) is 0 Å². The minimum absolute atomic E-state index is 0.122. The van der Waals surface area contributed by atoms with E-state index in [1.54, 1.807) is 6.26 Å². The lowest BCUT2D eigenvalue weighted by molar-refractivity contribution is -0.113. The molecule has 0 aliphatic heterocycles. The maximum Gasteiger partial charge on any atom is 0.236 e. The second-order valence-electron chi connectivity index (χ2n) is 6.95. The van der Waals surface area contributed by atoms with E-state index in [4.69, 9.17) is 4.42 Å². The predicted octanol–water partition coefficient (Wildman–Crippen LogP) is 5.52. The standard InChI is InChI=1S/C21H21N5O2S3/c1-12-7-13(2)18(14(3)8-12)16-10-29-20(23-16)24-17(27)11-30-21-26-25-19(31-21)22-9-15-5-4-6-28-15/h4-8,10H,9,11H2,1-3H3,(H,22,25)(H,23,24,27). The molecule has 0 bridgehead atoms. The zero-order valence-corrected chi connectivity index (χ0v) is 19.7. The number of amides is 1. The summed E-state index contributed by atoms with van der Waals surface area (Å²) in [6.45, 7) is 6.80. The summed E-state index contributed by atoms with van der Waals surface area (Å²) >= 11 is 4.18. The first-order chi connectivity index (χ1) is 15.0. The maximum absolute atomic E-state index is 12.4. The van der Waals surface area contributed by atoms with Crippen LogP contribution in [0.2, 0.25) is 0 Å². The first-order valence-corrected chi connectivity index (χ1v) is 12.2. The van der Waals surface area contributed by atoms with Crippen LogP contribution in [0.3, 0.4) is 0 Å². The van der Waals surface area contributed by atoms with E-state index < -0.39 is 0 Å². The number of aromatic nitrogens is 3. The van der Waals surface area contributed by atoms with Crippen LogP contribution < -0.4 is 10.6 Å². The van der Waals surface area contributed by atoms with Gasteiger partial charge in [-0.05, 0) is 44.0 Å². The maximum atomic E-state index is 12.4. The van der Waals surface area contributed by atoms with Crippen molar-refractivity contribution in [3.05, 3.63) is 58.4 Å². The molecule has 0 spiro atoms. The van der Waals surface area contributed by atoms with Crippen molar-refractivity contribution in [2.75, 3.05) is 16.4 Å². The third-order valence-electron chi connectivity index (χ3n) is 4.41. The van der Waals surface area contributed by atoms with Gasteiger partial charge in [-0.2, -0.15) is 0 Å². The summed E-state index contributed by atoms with van der Waals surface area (Å²) in [4.78, 5) is 17.0. The van der Waals surface area contributed by atoms with Gasteiger partial charge in [0, 0.05) is 10.9 Å². The number of thioether (sulfide) groups is 1. The molecule has 0 unspecified atom stereocenters. The molecular formula is C21H21N5O2S3. The fraction of sp³-hybridized carbons (Fsp3) is 0.238. The Bertz CT molecular complexity index is 1160. The predicted molar refractivity (Wildman–Crippen MR) is 127 cm³/mol. The Balaban J connectivity index is 1.30. The molecule has 0 atom stereocenters. The monoisotopic (exact) mass is 471 g/mol. The van der Waals surface area contributed by atoms with Crippen molar-refractivity contribution in [3.8, 4) is 11.3 Å². The van der Waals surface area contributed by atoms with E-state index >= 15 is 0 Å². The average molecular weight is 472 g/mol. The fourth-order valence-corrected chi connectivity index (χ4v) is 5.49. The molecule has 1 amide bonds. The molecule has 7 nitrogen and oxygen atoms in total. The summed E-state index contributed by atoms with van der Waals surface area (Å²) in [5.74, 6) is 0.941. The van der Waals surface area contributed by atoms with Gasteiger partial charge in [0.1, 0.15) is 5.76 Å². The highest BCUT2D eigenvalue weighted by atomic mass is 32.2. The summed E-state index contributed by atoms with van der Waals surface area (Å²) in [6.07, 6.45) is 1.63. The number of hydrogen-bond acceptors (Lipinski definition) is 9. The molecule has 160 valence electrons. The van der Waals surface area contributed by atoms with E-state index in [9.17, 15) is 4.79 Å². The number of furan rings is 1. The number of anilines is 2. The van der Waals surface area contributed by atoms with Crippen LogP contribution in [0.25, 0.3) is 11.3 Å². The van der Waals surface area contributed by atoms with Gasteiger partial charge in [0.15, 0.2) is 9.47 Å². The Kier molecular flexibility index (Phi) is 6.69. The first-order valence-electron chi connectivity index (χ1n) is 9.54. The van der Waals surface area contributed by atoms with Crippen LogP contribution in [-0.4, -0.2) is 26.8 Å². The third-order valence-corrected chi connectivity index (χ3v) is 7.18. The molecule has 0 aliphatic rings. The van der Waals surface area contributed by atoms with Crippen LogP contribution in [0.5, 0.6) is 0 Å². The molecule has 3 heterocycles. The molecule has 0 fully saturated rings. The zero-order chi connectivity index (χ0) is 21.8. The van der Waals surface area contributed by atoms with E-state index in [2.05, 4.69) is 58.7 Å². The lowest BCUT2D eigenvalue weighted by Crippen LogP contribution is -2.13. The number of nitrogens with one attached hydrogen (secondary N) is 2. The topological polar surface area (TPSA) is 92.9 Å². The SMILES string of the molecule is Cc1cc(C)c(-c2csc(NC(=O)CSc3nnc(NCc4ccco4)s3)n2)c(C)c1. The van der Waals surface area contributed by atoms with Gasteiger partial charge in [-0.15, -0.1) is 21.5 Å². The number of carbonyl (C=O) groups is 1. The molecule has 1 aromatic carbocycles. The Hall–Kier alpha value is -2.69. The normalized spacial score (nSPS) is 10.9. The number of thiazole rings is 1. The summed E-state index contributed by atoms with van der Waals surface area (Å²) < 4.78 is 6.00. The summed E-state index contributed by atoms with van der Waals surface area (Å²) in [5.41, 5.74) is 5.61. The minimum atomic E-state index is -0.122. The number of aryl methyl sites for hydroxylation is 3. The van der Waals surface area contributed by atoms with Gasteiger partial charge in [-0.3, -0.25) is 4.79 Å². The van der Waals surface area contributed by atoms with Gasteiger partial charge in [-0.1, -0.05) is 40.8 Å². The summed E-state index contributed by atoms with van der Waals surface area (Å²) in [7, 11) is 0. The molecule has 2 N–H and O–H groups in total. The van der Waals surface area contributed by atoms with Crippen LogP contribution in [0, 0.1) is 20.8 Å². The lowest BCUT2D eigenvalue weighted by Gasteiger charge is -2.08. The Morgan fingerprint density at radius 1 is 1.16 bits per heavy atom. The van der Waals surface area contributed by atoms with Gasteiger partial charge < -0.3 is 15.1 Å². The van der Waals surface area contributed by atoms with Gasteiger partial charge in [0.2, 0.25) is 11.0 Å². The number of benzene rings is 1. The van der Waals surface area contributed by atoms with Crippen molar-refractivity contribution in [2.24, 2.45) is 0 Å². The van der Waals surface area contributed by atoms with Crippen molar-refractivity contribution in [1.82, 2.24) is 15.2 Å². The fourth-order valence-electron chi connectivity index (χ4n) is 3.23. The number of hydrogen-bond donors (Lipinski definition) is 2. The minimum Gasteiger partial charge on any atom is -0.467 e. The molecular weight excluding hydrogens is 450 g/mol. The van der Waals surface area contributed by atoms with E-state index in [1.807, 2.05) is 17.5 Å². The molecule has 0 radical (unpaired) electrons. The highest BCUT2D eigenvalue weighted by molar-refractivity contribution is 8.01. The van der Waals surface area contributed by atoms with Gasteiger partial charge >= 0.3 is 0 Å². The van der Waals surface area contributed by atoms with Crippen LogP contribution in [0.15, 0.2) is 44.7 Å². The Labute approximate surface area is 192 Å². The van der Waals surface area contributed by atoms with Crippen LogP contribution in [-0.2, 0) is 11.3 Å².